The summed E-state index contributed by atoms with van der Waals surface area (Å²) in [5.41, 5.74) is 0.521. The van der Waals surface area contributed by atoms with Crippen LogP contribution in [0.4, 0.5) is 4.39 Å². The van der Waals surface area contributed by atoms with Crippen molar-refractivity contribution in [2.45, 2.75) is 100 Å². The van der Waals surface area contributed by atoms with Gasteiger partial charge in [0.05, 0.1) is 6.61 Å². The Bertz CT molecular complexity index is 675. The van der Waals surface area contributed by atoms with E-state index in [1.807, 2.05) is 119 Å². The minimum Gasteiger partial charge on any atom is -0.484 e. The molecule has 4 rings (SSSR count). The number of hydrogen-bond donors (Lipinski definition) is 0. The molecular formula is C28H47FO2. The summed E-state index contributed by atoms with van der Waals surface area (Å²) in [6.45, 7) is 22.4. The number of aryl methyl sites for hydroxylation is 1. The number of rotatable bonds is 4. The molecule has 0 aromatic heterocycles. The van der Waals surface area contributed by atoms with Crippen LogP contribution in [-0.2, 0) is 10.3 Å². The molecule has 1 saturated heterocycles. The second-order valence-electron chi connectivity index (χ2n) is 6.01. The number of halogens is 1. The topological polar surface area (TPSA) is 21.8 Å². The highest BCUT2D eigenvalue weighted by atomic mass is 19.1. The normalized spacial score (nSPS) is 18.2. The Morgan fingerprint density at radius 2 is 1.26 bits per heavy atom. The zero-order valence-electron chi connectivity index (χ0n) is 21.9. The Morgan fingerprint density at radius 1 is 0.774 bits per heavy atom. The van der Waals surface area contributed by atoms with Gasteiger partial charge in [0.2, 0.25) is 0 Å². The summed E-state index contributed by atoms with van der Waals surface area (Å²) < 4.78 is 26.3. The lowest BCUT2D eigenvalue weighted by Gasteiger charge is -2.26. The number of epoxide rings is 1. The smallest absolute Gasteiger partial charge is 0.159 e. The lowest BCUT2D eigenvalue weighted by atomic mass is 9.90. The molecule has 0 radical (unpaired) electrons. The Balaban J connectivity index is 0. The third-order valence-electron chi connectivity index (χ3n) is 4.49. The molecule has 2 aromatic carbocycles. The van der Waals surface area contributed by atoms with Gasteiger partial charge < -0.3 is 9.47 Å². The summed E-state index contributed by atoms with van der Waals surface area (Å²) in [4.78, 5) is 0. The number of para-hydroxylation sites is 1. The van der Waals surface area contributed by atoms with Crippen molar-refractivity contribution in [2.24, 2.45) is 0 Å². The van der Waals surface area contributed by atoms with Crippen molar-refractivity contribution < 1.29 is 13.9 Å². The van der Waals surface area contributed by atoms with Crippen molar-refractivity contribution in [1.82, 2.24) is 0 Å². The van der Waals surface area contributed by atoms with E-state index in [0.29, 0.717) is 12.2 Å². The monoisotopic (exact) mass is 434 g/mol. The Kier molecular flexibility index (Phi) is 16.9. The fraction of sp³-hybridized carbons (Fsp3) is 0.571. The second kappa shape index (κ2) is 16.8. The molecular weight excluding hydrogens is 387 g/mol. The highest BCUT2D eigenvalue weighted by Gasteiger charge is 2.71. The van der Waals surface area contributed by atoms with Crippen LogP contribution in [0.25, 0.3) is 0 Å². The second-order valence-corrected chi connectivity index (χ2v) is 6.01. The molecule has 2 fully saturated rings. The predicted octanol–water partition coefficient (Wildman–Crippen LogP) is 9.10. The lowest BCUT2D eigenvalue weighted by Crippen LogP contribution is -2.36. The van der Waals surface area contributed by atoms with E-state index in [9.17, 15) is 4.39 Å². The SMILES string of the molecule is CC.CC.CC.CC.CC.Cc1ccc(C2(C3(Oc4ccccc4)CC3)CO2)c(F)c1. The van der Waals surface area contributed by atoms with E-state index in [-0.39, 0.29) is 5.82 Å². The van der Waals surface area contributed by atoms with Crippen molar-refractivity contribution in [3.8, 4) is 5.75 Å². The molecule has 0 spiro atoms. The molecule has 0 N–H and O–H groups in total. The van der Waals surface area contributed by atoms with E-state index in [2.05, 4.69) is 0 Å². The highest BCUT2D eigenvalue weighted by molar-refractivity contribution is 5.39. The van der Waals surface area contributed by atoms with Crippen LogP contribution in [0.1, 0.15) is 93.2 Å². The van der Waals surface area contributed by atoms with Gasteiger partial charge in [0.1, 0.15) is 17.2 Å². The van der Waals surface area contributed by atoms with E-state index >= 15 is 0 Å². The average Bonchev–Trinajstić information content (AvgIpc) is 3.78. The van der Waals surface area contributed by atoms with Gasteiger partial charge in [0.15, 0.2) is 5.60 Å². The van der Waals surface area contributed by atoms with Crippen molar-refractivity contribution >= 4 is 0 Å². The number of hydrogen-bond acceptors (Lipinski definition) is 2. The predicted molar refractivity (Wildman–Crippen MR) is 135 cm³/mol. The Labute approximate surface area is 192 Å². The fourth-order valence-corrected chi connectivity index (χ4v) is 3.10. The van der Waals surface area contributed by atoms with Gasteiger partial charge in [-0.05, 0) is 43.5 Å². The molecule has 178 valence electrons. The van der Waals surface area contributed by atoms with Crippen LogP contribution in [0.2, 0.25) is 0 Å². The van der Waals surface area contributed by atoms with Crippen LogP contribution in [0.15, 0.2) is 48.5 Å². The van der Waals surface area contributed by atoms with Gasteiger partial charge >= 0.3 is 0 Å². The first-order valence-corrected chi connectivity index (χ1v) is 12.3. The lowest BCUT2D eigenvalue weighted by molar-refractivity contribution is 0.0702. The first-order chi connectivity index (χ1) is 15.2. The third kappa shape index (κ3) is 7.96. The van der Waals surface area contributed by atoms with Gasteiger partial charge in [-0.15, -0.1) is 0 Å². The van der Waals surface area contributed by atoms with E-state index in [1.165, 1.54) is 0 Å². The van der Waals surface area contributed by atoms with Gasteiger partial charge in [-0.3, -0.25) is 0 Å². The van der Waals surface area contributed by atoms with E-state index in [0.717, 1.165) is 24.2 Å². The maximum absolute atomic E-state index is 14.3. The fourth-order valence-electron chi connectivity index (χ4n) is 3.10. The summed E-state index contributed by atoms with van der Waals surface area (Å²) in [6, 6.07) is 15.0. The van der Waals surface area contributed by atoms with E-state index in [4.69, 9.17) is 9.47 Å². The van der Waals surface area contributed by atoms with Crippen LogP contribution in [-0.4, -0.2) is 12.2 Å². The molecule has 3 heteroatoms. The highest BCUT2D eigenvalue weighted by Crippen LogP contribution is 2.61. The van der Waals surface area contributed by atoms with Crippen LogP contribution in [0.3, 0.4) is 0 Å². The third-order valence-corrected chi connectivity index (χ3v) is 4.49. The molecule has 1 aliphatic carbocycles. The Morgan fingerprint density at radius 3 is 1.65 bits per heavy atom. The molecule has 1 heterocycles. The minimum atomic E-state index is -0.610. The maximum Gasteiger partial charge on any atom is 0.159 e. The molecule has 1 saturated carbocycles. The first kappa shape index (κ1) is 31.3. The molecule has 1 atom stereocenters. The largest absolute Gasteiger partial charge is 0.484 e. The summed E-state index contributed by atoms with van der Waals surface area (Å²) >= 11 is 0. The standard InChI is InChI=1S/C18H17FO2.5C2H6/c1-13-7-8-15(16(19)11-13)18(12-20-18)17(9-10-17)21-14-5-3-2-4-6-14;5*1-2/h2-8,11H,9-10,12H2,1H3;5*1-2H3. The van der Waals surface area contributed by atoms with Crippen LogP contribution < -0.4 is 4.74 Å². The van der Waals surface area contributed by atoms with Gasteiger partial charge in [0.25, 0.3) is 0 Å². The molecule has 1 unspecified atom stereocenters. The van der Waals surface area contributed by atoms with Crippen molar-refractivity contribution in [1.29, 1.82) is 0 Å². The molecule has 1 aliphatic heterocycles. The number of ether oxygens (including phenoxy) is 2. The molecule has 31 heavy (non-hydrogen) atoms. The Hall–Kier alpha value is -1.87. The summed E-state index contributed by atoms with van der Waals surface area (Å²) in [5, 5.41) is 0. The van der Waals surface area contributed by atoms with Crippen molar-refractivity contribution in [3.05, 3.63) is 65.5 Å². The van der Waals surface area contributed by atoms with E-state index < -0.39 is 11.2 Å². The summed E-state index contributed by atoms with van der Waals surface area (Å²) in [7, 11) is 0. The van der Waals surface area contributed by atoms with Crippen LogP contribution >= 0.6 is 0 Å². The average molecular weight is 435 g/mol. The van der Waals surface area contributed by atoms with E-state index in [1.54, 1.807) is 6.07 Å². The van der Waals surface area contributed by atoms with Crippen molar-refractivity contribution in [3.63, 3.8) is 0 Å². The molecule has 0 bridgehead atoms. The van der Waals surface area contributed by atoms with Crippen LogP contribution in [0, 0.1) is 12.7 Å². The zero-order chi connectivity index (χ0) is 24.5. The molecule has 2 aromatic rings. The quantitative estimate of drug-likeness (QED) is 0.447. The number of benzene rings is 2. The summed E-state index contributed by atoms with van der Waals surface area (Å²) in [6.07, 6.45) is 1.80. The van der Waals surface area contributed by atoms with Crippen LogP contribution in [0.5, 0.6) is 5.75 Å². The minimum absolute atomic E-state index is 0.199. The molecule has 2 aliphatic rings. The molecule has 0 amide bonds. The summed E-state index contributed by atoms with van der Waals surface area (Å²) in [5.74, 6) is 0.618. The van der Waals surface area contributed by atoms with Gasteiger partial charge in [-0.2, -0.15) is 0 Å². The first-order valence-electron chi connectivity index (χ1n) is 12.3. The van der Waals surface area contributed by atoms with Gasteiger partial charge in [-0.1, -0.05) is 99.6 Å². The van der Waals surface area contributed by atoms with Gasteiger partial charge in [-0.25, -0.2) is 4.39 Å². The maximum atomic E-state index is 14.3. The zero-order valence-corrected chi connectivity index (χ0v) is 21.9. The molecule has 2 nitrogen and oxygen atoms in total. The van der Waals surface area contributed by atoms with Crippen molar-refractivity contribution in [2.75, 3.05) is 6.61 Å². The van der Waals surface area contributed by atoms with Gasteiger partial charge in [0, 0.05) is 5.56 Å².